The summed E-state index contributed by atoms with van der Waals surface area (Å²) >= 11 is 0. The van der Waals surface area contributed by atoms with E-state index in [1.165, 1.54) is 0 Å². The Morgan fingerprint density at radius 1 is 0.674 bits per heavy atom. The van der Waals surface area contributed by atoms with Gasteiger partial charge in [0.25, 0.3) is 0 Å². The van der Waals surface area contributed by atoms with E-state index in [1.807, 2.05) is 6.92 Å². The summed E-state index contributed by atoms with van der Waals surface area (Å²) < 4.78 is 64.7. The van der Waals surface area contributed by atoms with E-state index < -0.39 is 122 Å². The number of ether oxygens (including phenoxy) is 5. The van der Waals surface area contributed by atoms with E-state index in [0.29, 0.717) is 10.7 Å². The second kappa shape index (κ2) is 17.8. The van der Waals surface area contributed by atoms with Crippen molar-refractivity contribution >= 4 is 10.3 Å². The summed E-state index contributed by atoms with van der Waals surface area (Å²) in [6.45, 7) is -0.726. The van der Waals surface area contributed by atoms with Crippen LogP contribution in [0.25, 0.3) is 0 Å². The fraction of sp³-hybridized carbons (Fsp3) is 1.00. The number of unbranched alkanes of at least 4 members (excludes halogenated alkanes) is 5. The molecule has 19 nitrogen and oxygen atoms in total. The Kier molecular flexibility index (Phi) is 15.4. The molecule has 0 aliphatic carbocycles. The Morgan fingerprint density at radius 2 is 1.20 bits per heavy atom. The monoisotopic (exact) mass is 693 g/mol. The molecule has 0 aromatic heterocycles. The van der Waals surface area contributed by atoms with Gasteiger partial charge in [-0.25, -0.2) is 0 Å². The molecule has 3 heterocycles. The molecule has 46 heavy (non-hydrogen) atoms. The van der Waals surface area contributed by atoms with Crippen LogP contribution in [0.1, 0.15) is 45.4 Å². The van der Waals surface area contributed by atoms with Crippen LogP contribution in [0.3, 0.4) is 0 Å². The van der Waals surface area contributed by atoms with E-state index in [9.17, 15) is 53.8 Å². The van der Waals surface area contributed by atoms with Crippen LogP contribution in [0.2, 0.25) is 0 Å². The molecule has 13 N–H and O–H groups in total. The summed E-state index contributed by atoms with van der Waals surface area (Å²) in [5.41, 5.74) is 11.8. The summed E-state index contributed by atoms with van der Waals surface area (Å²) in [4.78, 5) is 0. The van der Waals surface area contributed by atoms with Gasteiger partial charge in [-0.1, -0.05) is 39.0 Å². The molecule has 0 radical (unpaired) electrons. The predicted molar refractivity (Wildman–Crippen MR) is 155 cm³/mol. The molecule has 2 unspecified atom stereocenters. The van der Waals surface area contributed by atoms with Gasteiger partial charge in [-0.15, -0.1) is 0 Å². The number of hydrogen-bond acceptors (Lipinski definition) is 17. The molecule has 0 spiro atoms. The van der Waals surface area contributed by atoms with Crippen molar-refractivity contribution in [3.63, 3.8) is 0 Å². The normalized spacial score (nSPS) is 42.4. The maximum atomic E-state index is 12.8. The Labute approximate surface area is 267 Å². The van der Waals surface area contributed by atoms with Gasteiger partial charge in [-0.2, -0.15) is 12.7 Å². The molecule has 3 rings (SSSR count). The average Bonchev–Trinajstić information content (AvgIpc) is 3.01. The van der Waals surface area contributed by atoms with E-state index in [1.54, 1.807) is 0 Å². The number of aliphatic hydroxyl groups excluding tert-OH is 8. The maximum absolute atomic E-state index is 12.8. The minimum atomic E-state index is -5.12. The van der Waals surface area contributed by atoms with Gasteiger partial charge in [0.05, 0.1) is 31.9 Å². The molecule has 0 amide bonds. The van der Waals surface area contributed by atoms with Crippen LogP contribution in [0, 0.1) is 0 Å². The zero-order valence-electron chi connectivity index (χ0n) is 25.6. The predicted octanol–water partition coefficient (Wildman–Crippen LogP) is -5.17. The third-order valence-corrected chi connectivity index (χ3v) is 9.63. The zero-order valence-corrected chi connectivity index (χ0v) is 26.4. The third kappa shape index (κ3) is 9.28. The van der Waals surface area contributed by atoms with Crippen molar-refractivity contribution < 1.29 is 77.5 Å². The van der Waals surface area contributed by atoms with Crippen LogP contribution >= 0.6 is 0 Å². The lowest BCUT2D eigenvalue weighted by Gasteiger charge is -2.50. The molecule has 0 saturated carbocycles. The van der Waals surface area contributed by atoms with Crippen LogP contribution in [0.5, 0.6) is 0 Å². The minimum Gasteiger partial charge on any atom is -0.394 e. The highest BCUT2D eigenvalue weighted by atomic mass is 32.2. The molecule has 3 aliphatic rings. The summed E-state index contributed by atoms with van der Waals surface area (Å²) in [5, 5.41) is 82.7. The first-order valence-corrected chi connectivity index (χ1v) is 16.9. The largest absolute Gasteiger partial charge is 0.394 e. The van der Waals surface area contributed by atoms with Crippen LogP contribution < -0.4 is 11.5 Å². The number of rotatable bonds is 16. The summed E-state index contributed by atoms with van der Waals surface area (Å²) in [7, 11) is -5.12. The van der Waals surface area contributed by atoms with E-state index in [2.05, 4.69) is 0 Å². The van der Waals surface area contributed by atoms with Crippen molar-refractivity contribution in [3.8, 4) is 0 Å². The van der Waals surface area contributed by atoms with Gasteiger partial charge in [0.2, 0.25) is 0 Å². The van der Waals surface area contributed by atoms with Crippen molar-refractivity contribution in [2.45, 2.75) is 137 Å². The van der Waals surface area contributed by atoms with Crippen molar-refractivity contribution in [1.29, 1.82) is 0 Å². The molecule has 3 saturated heterocycles. The molecule has 15 atom stereocenters. The smallest absolute Gasteiger partial charge is 0.336 e. The van der Waals surface area contributed by atoms with Gasteiger partial charge >= 0.3 is 10.3 Å². The second-order valence-electron chi connectivity index (χ2n) is 11.9. The Morgan fingerprint density at radius 3 is 1.78 bits per heavy atom. The number of hydrogen-bond donors (Lipinski definition) is 11. The molecule has 0 aromatic carbocycles. The molecule has 3 fully saturated rings. The van der Waals surface area contributed by atoms with E-state index >= 15 is 0 Å². The van der Waals surface area contributed by atoms with Gasteiger partial charge in [-0.05, 0) is 6.42 Å². The minimum absolute atomic E-state index is 0.235. The van der Waals surface area contributed by atoms with Gasteiger partial charge in [-0.3, -0.25) is 4.55 Å². The Balaban J connectivity index is 1.97. The van der Waals surface area contributed by atoms with Gasteiger partial charge in [0.15, 0.2) is 18.9 Å². The molecular weight excluding hydrogens is 642 g/mol. The lowest BCUT2D eigenvalue weighted by Crippen LogP contribution is -2.70. The molecule has 3 aliphatic heterocycles. The van der Waals surface area contributed by atoms with Crippen LogP contribution in [-0.2, 0) is 34.0 Å². The summed E-state index contributed by atoms with van der Waals surface area (Å²) in [5.74, 6) is 0. The van der Waals surface area contributed by atoms with Gasteiger partial charge < -0.3 is 76.0 Å². The summed E-state index contributed by atoms with van der Waals surface area (Å²) in [6, 6.07) is -4.71. The molecule has 20 heteroatoms. The first kappa shape index (κ1) is 39.7. The SMILES string of the molecule is CCCCCCCCN([C@H]1[C@H](OC2[C@@H](CO)O[C@@H](O)[C@H](N)[C@H]2O)O[C@H](CO)C(O[C@@H]2O[C@H](CO)[C@@H](O)[C@H](O)[C@H]2N)[C@@H]1O)S(=O)(=O)O. The van der Waals surface area contributed by atoms with Crippen molar-refractivity contribution in [3.05, 3.63) is 0 Å². The van der Waals surface area contributed by atoms with Gasteiger partial charge in [0.1, 0.15) is 61.0 Å². The van der Waals surface area contributed by atoms with E-state index in [4.69, 9.17) is 35.2 Å². The van der Waals surface area contributed by atoms with Crippen molar-refractivity contribution in [1.82, 2.24) is 4.31 Å². The first-order valence-electron chi connectivity index (χ1n) is 15.5. The maximum Gasteiger partial charge on any atom is 0.336 e. The number of nitrogens with two attached hydrogens (primary N) is 2. The van der Waals surface area contributed by atoms with Crippen molar-refractivity contribution in [2.75, 3.05) is 26.4 Å². The van der Waals surface area contributed by atoms with Crippen LogP contribution in [0.4, 0.5) is 0 Å². The van der Waals surface area contributed by atoms with Crippen LogP contribution in [-0.4, -0.2) is 176 Å². The van der Waals surface area contributed by atoms with Crippen molar-refractivity contribution in [2.24, 2.45) is 11.5 Å². The quantitative estimate of drug-likeness (QED) is 0.0532. The Bertz CT molecular complexity index is 1010. The molecule has 0 bridgehead atoms. The third-order valence-electron chi connectivity index (χ3n) is 8.61. The van der Waals surface area contributed by atoms with E-state index in [-0.39, 0.29) is 13.0 Å². The standard InChI is InChI=1S/C26H51N3O16S/c1-2-3-4-5-6-7-8-29(46(38,39)40)17-21(36)23(44-25-16(28)19(34)18(33)12(9-30)42-25)14(11-32)43-26(17)45-22-13(10-31)41-24(37)15(27)20(22)35/h12-26,30-37H,2-11,27-28H2,1H3,(H,38,39,40)/t12-,13-,14-,15-,16-,17-,18-,19-,20-,21-,22?,23?,24-,25+,26+/m1/s1. The summed E-state index contributed by atoms with van der Waals surface area (Å²) in [6.07, 6.45) is -15.2. The fourth-order valence-corrected chi connectivity index (χ4v) is 6.80. The lowest BCUT2D eigenvalue weighted by atomic mass is 9.94. The highest BCUT2D eigenvalue weighted by Crippen LogP contribution is 2.34. The fourth-order valence-electron chi connectivity index (χ4n) is 5.91. The topological polar surface area (TPSA) is 318 Å². The zero-order chi connectivity index (χ0) is 34.3. The average molecular weight is 694 g/mol. The highest BCUT2D eigenvalue weighted by Gasteiger charge is 2.56. The molecule has 0 aromatic rings. The van der Waals surface area contributed by atoms with Gasteiger partial charge in [0, 0.05) is 6.54 Å². The van der Waals surface area contributed by atoms with E-state index in [0.717, 1.165) is 25.7 Å². The highest BCUT2D eigenvalue weighted by molar-refractivity contribution is 7.83. The molecular formula is C26H51N3O16S. The number of aliphatic hydroxyl groups is 8. The Hall–Kier alpha value is -0.730. The number of nitrogens with zero attached hydrogens (tertiary/aromatic N) is 1. The van der Waals surface area contributed by atoms with Crippen LogP contribution in [0.15, 0.2) is 0 Å². The second-order valence-corrected chi connectivity index (χ2v) is 13.2. The first-order chi connectivity index (χ1) is 21.7. The lowest BCUT2D eigenvalue weighted by molar-refractivity contribution is -0.355. The molecule has 272 valence electrons.